The van der Waals surface area contributed by atoms with E-state index in [4.69, 9.17) is 0 Å². The number of amides is 2. The normalized spacial score (nSPS) is 17.5. The van der Waals surface area contributed by atoms with Crippen LogP contribution in [0.4, 0.5) is 4.79 Å². The molecule has 1 aliphatic rings. The SMILES string of the molecule is CC[C@H](NC(=O)NC1CCCCC1)c1ccccc1C. The molecule has 2 rings (SSSR count). The van der Waals surface area contributed by atoms with E-state index in [0.717, 1.165) is 19.3 Å². The molecule has 0 aliphatic heterocycles. The molecule has 2 N–H and O–H groups in total. The van der Waals surface area contributed by atoms with Gasteiger partial charge in [0.1, 0.15) is 0 Å². The quantitative estimate of drug-likeness (QED) is 0.853. The smallest absolute Gasteiger partial charge is 0.315 e. The second-order valence-corrected chi connectivity index (χ2v) is 5.77. The molecule has 0 heterocycles. The van der Waals surface area contributed by atoms with Gasteiger partial charge in [0.15, 0.2) is 0 Å². The molecule has 0 bridgehead atoms. The fourth-order valence-corrected chi connectivity index (χ4v) is 3.01. The molecule has 1 fully saturated rings. The van der Waals surface area contributed by atoms with E-state index in [2.05, 4.69) is 36.6 Å². The summed E-state index contributed by atoms with van der Waals surface area (Å²) in [4.78, 5) is 12.1. The average Bonchev–Trinajstić information content (AvgIpc) is 2.46. The fourth-order valence-electron chi connectivity index (χ4n) is 3.01. The zero-order valence-corrected chi connectivity index (χ0v) is 12.6. The lowest BCUT2D eigenvalue weighted by Crippen LogP contribution is -2.44. The molecule has 20 heavy (non-hydrogen) atoms. The molecule has 0 aromatic heterocycles. The average molecular weight is 274 g/mol. The Hall–Kier alpha value is -1.51. The topological polar surface area (TPSA) is 41.1 Å². The van der Waals surface area contributed by atoms with Crippen molar-refractivity contribution in [2.75, 3.05) is 0 Å². The van der Waals surface area contributed by atoms with Crippen LogP contribution >= 0.6 is 0 Å². The van der Waals surface area contributed by atoms with Gasteiger partial charge >= 0.3 is 6.03 Å². The molecular formula is C17H26N2O. The van der Waals surface area contributed by atoms with Gasteiger partial charge in [-0.3, -0.25) is 0 Å². The Labute approximate surface area is 122 Å². The second-order valence-electron chi connectivity index (χ2n) is 5.77. The van der Waals surface area contributed by atoms with Crippen molar-refractivity contribution in [1.82, 2.24) is 10.6 Å². The van der Waals surface area contributed by atoms with E-state index < -0.39 is 0 Å². The minimum atomic E-state index is -0.0213. The molecule has 0 spiro atoms. The van der Waals surface area contributed by atoms with Crippen molar-refractivity contribution in [3.63, 3.8) is 0 Å². The summed E-state index contributed by atoms with van der Waals surface area (Å²) in [5.41, 5.74) is 2.45. The lowest BCUT2D eigenvalue weighted by Gasteiger charge is -2.25. The highest BCUT2D eigenvalue weighted by atomic mass is 16.2. The van der Waals surface area contributed by atoms with Gasteiger partial charge < -0.3 is 10.6 Å². The van der Waals surface area contributed by atoms with Crippen molar-refractivity contribution in [3.8, 4) is 0 Å². The van der Waals surface area contributed by atoms with Gasteiger partial charge in [-0.2, -0.15) is 0 Å². The Morgan fingerprint density at radius 2 is 1.95 bits per heavy atom. The van der Waals surface area contributed by atoms with E-state index in [1.807, 2.05) is 12.1 Å². The van der Waals surface area contributed by atoms with E-state index in [0.29, 0.717) is 6.04 Å². The molecule has 0 saturated heterocycles. The molecule has 2 amide bonds. The number of urea groups is 1. The van der Waals surface area contributed by atoms with Crippen molar-refractivity contribution in [2.24, 2.45) is 0 Å². The Balaban J connectivity index is 1.92. The number of carbonyl (C=O) groups excluding carboxylic acids is 1. The van der Waals surface area contributed by atoms with Crippen LogP contribution in [0.25, 0.3) is 0 Å². The predicted octanol–water partition coefficient (Wildman–Crippen LogP) is 4.08. The van der Waals surface area contributed by atoms with Crippen LogP contribution in [-0.2, 0) is 0 Å². The van der Waals surface area contributed by atoms with Crippen LogP contribution in [0.5, 0.6) is 0 Å². The van der Waals surface area contributed by atoms with Crippen molar-refractivity contribution >= 4 is 6.03 Å². The van der Waals surface area contributed by atoms with Gasteiger partial charge in [-0.1, -0.05) is 50.5 Å². The standard InChI is InChI=1S/C17H26N2O/c1-3-16(15-12-8-7-9-13(15)2)19-17(20)18-14-10-5-4-6-11-14/h7-9,12,14,16H,3-6,10-11H2,1-2H3,(H2,18,19,20)/t16-/m0/s1. The molecule has 110 valence electrons. The molecule has 0 unspecified atom stereocenters. The van der Waals surface area contributed by atoms with Crippen LogP contribution < -0.4 is 10.6 Å². The molecule has 1 aliphatic carbocycles. The van der Waals surface area contributed by atoms with Crippen molar-refractivity contribution in [3.05, 3.63) is 35.4 Å². The number of benzene rings is 1. The highest BCUT2D eigenvalue weighted by molar-refractivity contribution is 5.74. The monoisotopic (exact) mass is 274 g/mol. The molecule has 1 saturated carbocycles. The minimum Gasteiger partial charge on any atom is -0.335 e. The fraction of sp³-hybridized carbons (Fsp3) is 0.588. The number of carbonyl (C=O) groups is 1. The maximum Gasteiger partial charge on any atom is 0.315 e. The van der Waals surface area contributed by atoms with E-state index in [1.165, 1.54) is 30.4 Å². The van der Waals surface area contributed by atoms with Crippen LogP contribution in [0.3, 0.4) is 0 Å². The van der Waals surface area contributed by atoms with Crippen LogP contribution in [-0.4, -0.2) is 12.1 Å². The predicted molar refractivity (Wildman–Crippen MR) is 82.8 cm³/mol. The summed E-state index contributed by atoms with van der Waals surface area (Å²) < 4.78 is 0. The van der Waals surface area contributed by atoms with E-state index in [-0.39, 0.29) is 12.1 Å². The third kappa shape index (κ3) is 3.99. The number of nitrogens with one attached hydrogen (secondary N) is 2. The molecule has 1 aromatic rings. The largest absolute Gasteiger partial charge is 0.335 e. The first-order valence-electron chi connectivity index (χ1n) is 7.83. The Morgan fingerprint density at radius 3 is 2.60 bits per heavy atom. The van der Waals surface area contributed by atoms with Crippen molar-refractivity contribution in [1.29, 1.82) is 0 Å². The summed E-state index contributed by atoms with van der Waals surface area (Å²) >= 11 is 0. The summed E-state index contributed by atoms with van der Waals surface area (Å²) in [6.07, 6.45) is 6.92. The van der Waals surface area contributed by atoms with Gasteiger partial charge in [0, 0.05) is 6.04 Å². The Bertz CT molecular complexity index is 438. The Morgan fingerprint density at radius 1 is 1.25 bits per heavy atom. The number of hydrogen-bond acceptors (Lipinski definition) is 1. The summed E-state index contributed by atoms with van der Waals surface area (Å²) in [6.45, 7) is 4.21. The zero-order chi connectivity index (χ0) is 14.4. The van der Waals surface area contributed by atoms with Crippen molar-refractivity contribution < 1.29 is 4.79 Å². The minimum absolute atomic E-state index is 0.0213. The number of aryl methyl sites for hydroxylation is 1. The van der Waals surface area contributed by atoms with Gasteiger partial charge in [0.25, 0.3) is 0 Å². The molecule has 0 radical (unpaired) electrons. The number of rotatable bonds is 4. The lowest BCUT2D eigenvalue weighted by molar-refractivity contribution is 0.228. The van der Waals surface area contributed by atoms with Crippen LogP contribution in [0.15, 0.2) is 24.3 Å². The first kappa shape index (κ1) is 14.9. The molecule has 1 aromatic carbocycles. The summed E-state index contributed by atoms with van der Waals surface area (Å²) in [6, 6.07) is 8.70. The molecule has 1 atom stereocenters. The van der Waals surface area contributed by atoms with Gasteiger partial charge in [0.05, 0.1) is 6.04 Å². The van der Waals surface area contributed by atoms with Crippen LogP contribution in [0.1, 0.15) is 62.6 Å². The van der Waals surface area contributed by atoms with Gasteiger partial charge in [0.2, 0.25) is 0 Å². The summed E-state index contributed by atoms with van der Waals surface area (Å²) in [7, 11) is 0. The third-order valence-electron chi connectivity index (χ3n) is 4.22. The van der Waals surface area contributed by atoms with Gasteiger partial charge in [-0.15, -0.1) is 0 Å². The second kappa shape index (κ2) is 7.32. The number of hydrogen-bond donors (Lipinski definition) is 2. The zero-order valence-electron chi connectivity index (χ0n) is 12.6. The highest BCUT2D eigenvalue weighted by Gasteiger charge is 2.18. The molecule has 3 heteroatoms. The summed E-state index contributed by atoms with van der Waals surface area (Å²) in [5.74, 6) is 0. The van der Waals surface area contributed by atoms with E-state index >= 15 is 0 Å². The van der Waals surface area contributed by atoms with Gasteiger partial charge in [-0.05, 0) is 37.3 Å². The van der Waals surface area contributed by atoms with E-state index in [9.17, 15) is 4.79 Å². The van der Waals surface area contributed by atoms with Crippen molar-refractivity contribution in [2.45, 2.75) is 64.5 Å². The third-order valence-corrected chi connectivity index (χ3v) is 4.22. The van der Waals surface area contributed by atoms with Crippen LogP contribution in [0, 0.1) is 6.92 Å². The first-order valence-corrected chi connectivity index (χ1v) is 7.83. The summed E-state index contributed by atoms with van der Waals surface area (Å²) in [5, 5.41) is 6.24. The first-order chi connectivity index (χ1) is 9.70. The van der Waals surface area contributed by atoms with Gasteiger partial charge in [-0.25, -0.2) is 4.79 Å². The van der Waals surface area contributed by atoms with Crippen LogP contribution in [0.2, 0.25) is 0 Å². The maximum absolute atomic E-state index is 12.1. The lowest BCUT2D eigenvalue weighted by atomic mass is 9.95. The highest BCUT2D eigenvalue weighted by Crippen LogP contribution is 2.21. The molecular weight excluding hydrogens is 248 g/mol. The Kier molecular flexibility index (Phi) is 5.45. The maximum atomic E-state index is 12.1. The molecule has 3 nitrogen and oxygen atoms in total. The van der Waals surface area contributed by atoms with E-state index in [1.54, 1.807) is 0 Å².